The van der Waals surface area contributed by atoms with E-state index >= 15 is 0 Å². The van der Waals surface area contributed by atoms with Gasteiger partial charge in [0.05, 0.1) is 17.4 Å². The summed E-state index contributed by atoms with van der Waals surface area (Å²) < 4.78 is 40.4. The van der Waals surface area contributed by atoms with Gasteiger partial charge in [0.25, 0.3) is 11.8 Å². The van der Waals surface area contributed by atoms with Gasteiger partial charge in [-0.2, -0.15) is 8.78 Å². The van der Waals surface area contributed by atoms with Crippen molar-refractivity contribution >= 4 is 77.4 Å². The molecule has 0 spiro atoms. The van der Waals surface area contributed by atoms with Crippen LogP contribution in [0.5, 0.6) is 0 Å². The Kier molecular flexibility index (Phi) is 17.4. The number of alkyl halides is 2. The van der Waals surface area contributed by atoms with E-state index in [2.05, 4.69) is 48.4 Å². The number of aromatic nitrogens is 2. The molecule has 9 amide bonds. The summed E-state index contributed by atoms with van der Waals surface area (Å²) >= 11 is 0. The van der Waals surface area contributed by atoms with Gasteiger partial charge in [-0.25, -0.2) is 0 Å². The molecule has 0 aliphatic carbocycles. The molecule has 6 heterocycles. The number of imide groups is 1. The molecule has 9 rings (SSSR count). The molecule has 82 heavy (non-hydrogen) atoms. The second-order valence-electron chi connectivity index (χ2n) is 20.6. The number of benzene rings is 3. The highest BCUT2D eigenvalue weighted by atomic mass is 31.2. The lowest BCUT2D eigenvalue weighted by molar-refractivity contribution is -0.137. The maximum absolute atomic E-state index is 14.6. The topological polar surface area (TPSA) is 332 Å². The van der Waals surface area contributed by atoms with Crippen LogP contribution in [-0.2, 0) is 63.2 Å². The number of nitrogens with one attached hydrogen (secondary N) is 6. The third kappa shape index (κ3) is 12.6. The standard InChI is InChI=1S/C57H59F2N10O12P/c58-57(59,82(79,80)81)45-29-36-27-41(63-42(36)30-62-45)51(73)65-40-21-20-34-17-11-18-35-28-44(69(49(34)35)56(40)78)53(75)64-39(22-24-46(60)70)50(72)67-48(33-14-8-6-9-15-33)54(76)61-26-10-5-3-1-2-4-7-13-32-16-12-19-37-38(32)31-68(55(37)77)43-23-25-47(71)66-52(43)74/h6,8-9,11-12,14-19,27,29-30,39-40,43-44,48,63H,1-5,10,20-26,28,31H2,(H2,60,70)(H,61,76)(H,64,75)(H,65,73)(H,67,72)(H,66,71,74)(H2,79,80,81)/t39-,40-,43?,44-,48-/m0/s1. The number of pyridine rings is 1. The average Bonchev–Trinajstić information content (AvgIpc) is 4.37. The lowest BCUT2D eigenvalue weighted by Gasteiger charge is -2.29. The summed E-state index contributed by atoms with van der Waals surface area (Å²) in [7, 11) is -5.95. The molecule has 4 aliphatic heterocycles. The molecule has 5 aromatic rings. The fourth-order valence-corrected chi connectivity index (χ4v) is 11.2. The van der Waals surface area contributed by atoms with E-state index in [9.17, 15) is 66.3 Å². The van der Waals surface area contributed by atoms with Gasteiger partial charge in [-0.05, 0) is 85.0 Å². The molecule has 1 fully saturated rings. The van der Waals surface area contributed by atoms with Crippen molar-refractivity contribution in [2.24, 2.45) is 5.73 Å². The van der Waals surface area contributed by atoms with Crippen LogP contribution in [0.3, 0.4) is 0 Å². The highest BCUT2D eigenvalue weighted by Gasteiger charge is 2.52. The normalized spacial score (nSPS) is 18.3. The lowest BCUT2D eigenvalue weighted by Crippen LogP contribution is -2.57. The predicted molar refractivity (Wildman–Crippen MR) is 291 cm³/mol. The molecule has 4 aliphatic rings. The van der Waals surface area contributed by atoms with Crippen LogP contribution >= 0.6 is 7.60 Å². The van der Waals surface area contributed by atoms with E-state index in [-0.39, 0.29) is 86.4 Å². The summed E-state index contributed by atoms with van der Waals surface area (Å²) in [6, 6.07) is 15.1. The quantitative estimate of drug-likeness (QED) is 0.0220. The Balaban J connectivity index is 0.792. The number of H-pyrrole nitrogens is 1. The second-order valence-corrected chi connectivity index (χ2v) is 22.3. The number of primary amides is 1. The molecule has 3 aromatic carbocycles. The zero-order chi connectivity index (χ0) is 58.5. The fraction of sp³-hybridized carbons (Fsp3) is 0.368. The largest absolute Gasteiger partial charge is 0.401 e. The number of anilines is 1. The van der Waals surface area contributed by atoms with Crippen LogP contribution in [0.15, 0.2) is 85.1 Å². The first kappa shape index (κ1) is 58.0. The number of amides is 9. The van der Waals surface area contributed by atoms with Crippen LogP contribution in [0.25, 0.3) is 10.9 Å². The maximum Gasteiger partial charge on any atom is 0.401 e. The number of aromatic amines is 1. The van der Waals surface area contributed by atoms with E-state index in [1.807, 2.05) is 6.07 Å². The summed E-state index contributed by atoms with van der Waals surface area (Å²) in [6.45, 7) is 0.520. The van der Waals surface area contributed by atoms with Gasteiger partial charge >= 0.3 is 13.3 Å². The lowest BCUT2D eigenvalue weighted by atomic mass is 10.0. The van der Waals surface area contributed by atoms with Crippen molar-refractivity contribution < 1.29 is 66.3 Å². The molecule has 0 bridgehead atoms. The minimum absolute atomic E-state index is 0.0150. The van der Waals surface area contributed by atoms with Crippen LogP contribution in [0.1, 0.15) is 131 Å². The van der Waals surface area contributed by atoms with Crippen molar-refractivity contribution in [3.8, 4) is 11.8 Å². The Morgan fingerprint density at radius 3 is 2.38 bits per heavy atom. The Morgan fingerprint density at radius 2 is 1.62 bits per heavy atom. The molecule has 5 atom stereocenters. The summed E-state index contributed by atoms with van der Waals surface area (Å²) in [5.41, 5.74) is 3.80. The maximum atomic E-state index is 14.6. The third-order valence-corrected chi connectivity index (χ3v) is 16.0. The number of fused-ring (bicyclic) bond motifs is 2. The van der Waals surface area contributed by atoms with Gasteiger partial charge in [0.2, 0.25) is 41.4 Å². The van der Waals surface area contributed by atoms with E-state index in [1.54, 1.807) is 60.7 Å². The summed E-state index contributed by atoms with van der Waals surface area (Å²) in [5, 5.41) is 13.3. The van der Waals surface area contributed by atoms with Crippen molar-refractivity contribution in [3.63, 3.8) is 0 Å². The van der Waals surface area contributed by atoms with Gasteiger partial charge in [0, 0.05) is 55.3 Å². The number of hydrogen-bond donors (Lipinski definition) is 9. The predicted octanol–water partition coefficient (Wildman–Crippen LogP) is 3.67. The first-order valence-corrected chi connectivity index (χ1v) is 28.5. The van der Waals surface area contributed by atoms with Crippen LogP contribution in [0, 0.1) is 11.8 Å². The Labute approximate surface area is 468 Å². The van der Waals surface area contributed by atoms with Crippen LogP contribution in [-0.4, -0.2) is 109 Å². The van der Waals surface area contributed by atoms with Crippen LogP contribution in [0.4, 0.5) is 14.5 Å². The summed E-state index contributed by atoms with van der Waals surface area (Å²) in [4.78, 5) is 148. The molecule has 1 unspecified atom stereocenters. The molecule has 10 N–H and O–H groups in total. The van der Waals surface area contributed by atoms with Crippen molar-refractivity contribution in [2.45, 2.75) is 126 Å². The van der Waals surface area contributed by atoms with Crippen LogP contribution in [0.2, 0.25) is 0 Å². The average molecular weight is 1150 g/mol. The zero-order valence-electron chi connectivity index (χ0n) is 44.2. The van der Waals surface area contributed by atoms with Crippen molar-refractivity contribution in [2.75, 3.05) is 11.4 Å². The SMILES string of the molecule is NC(=O)CC[C@H](NC(=O)[C@@H]1Cc2cccc3c2N1C(=O)[C@@H](NC(=O)c1cc2cc(C(F)(F)P(=O)(O)O)ncc2[nH]1)CC3)C(=O)N[C@H](C(=O)NCCCCCCCC#Cc1cccc2c1CN(C1CCC(=O)NC1=O)C2=O)c1ccccc1. The number of carbonyl (C=O) groups is 9. The number of hydrogen-bond acceptors (Lipinski definition) is 11. The van der Waals surface area contributed by atoms with E-state index in [4.69, 9.17) is 5.73 Å². The molecule has 2 aromatic heterocycles. The molecular weight excluding hydrogens is 1090 g/mol. The number of aryl methyl sites for hydroxylation is 1. The molecule has 428 valence electrons. The molecule has 1 saturated heterocycles. The molecule has 0 radical (unpaired) electrons. The smallest absolute Gasteiger partial charge is 0.370 e. The highest BCUT2D eigenvalue weighted by molar-refractivity contribution is 7.52. The zero-order valence-corrected chi connectivity index (χ0v) is 45.1. The minimum Gasteiger partial charge on any atom is -0.370 e. The van der Waals surface area contributed by atoms with Gasteiger partial charge in [0.1, 0.15) is 41.6 Å². The first-order valence-electron chi connectivity index (χ1n) is 26.8. The van der Waals surface area contributed by atoms with Crippen molar-refractivity contribution in [1.82, 2.24) is 41.5 Å². The van der Waals surface area contributed by atoms with Crippen molar-refractivity contribution in [3.05, 3.63) is 130 Å². The number of rotatable bonds is 21. The number of nitrogens with zero attached hydrogens (tertiary/aromatic N) is 3. The number of unbranched alkanes of at least 4 members (excludes halogenated alkanes) is 5. The van der Waals surface area contributed by atoms with Gasteiger partial charge in [-0.15, -0.1) is 0 Å². The monoisotopic (exact) mass is 1140 g/mol. The van der Waals surface area contributed by atoms with Crippen molar-refractivity contribution in [1.29, 1.82) is 0 Å². The van der Waals surface area contributed by atoms with Gasteiger partial charge in [0.15, 0.2) is 0 Å². The first-order chi connectivity index (χ1) is 39.2. The second kappa shape index (κ2) is 24.6. The molecular formula is C57H59F2N10O12P. The number of carbonyl (C=O) groups excluding carboxylic acids is 9. The highest BCUT2D eigenvalue weighted by Crippen LogP contribution is 2.59. The summed E-state index contributed by atoms with van der Waals surface area (Å²) in [6.07, 6.45) is 5.65. The van der Waals surface area contributed by atoms with E-state index < -0.39 is 90.5 Å². The molecule has 25 heteroatoms. The molecule has 22 nitrogen and oxygen atoms in total. The number of para-hydroxylation sites is 1. The molecule has 0 saturated carbocycles. The minimum atomic E-state index is -5.95. The van der Waals surface area contributed by atoms with E-state index in [0.29, 0.717) is 46.3 Å². The Hall–Kier alpha value is -8.65. The Bertz CT molecular complexity index is 3510. The third-order valence-electron chi connectivity index (χ3n) is 15.0. The van der Waals surface area contributed by atoms with Crippen LogP contribution < -0.4 is 37.2 Å². The number of halogens is 2. The van der Waals surface area contributed by atoms with E-state index in [1.165, 1.54) is 9.80 Å². The summed E-state index contributed by atoms with van der Waals surface area (Å²) in [5.74, 6) is 0.918. The number of piperidine rings is 1. The van der Waals surface area contributed by atoms with Gasteiger partial charge in [-0.3, -0.25) is 62.9 Å². The van der Waals surface area contributed by atoms with Gasteiger partial charge in [-0.1, -0.05) is 85.7 Å². The Morgan fingerprint density at radius 1 is 0.878 bits per heavy atom. The number of nitrogens with two attached hydrogens (primary N) is 1. The fourth-order valence-electron chi connectivity index (χ4n) is 10.7. The van der Waals surface area contributed by atoms with Gasteiger partial charge < -0.3 is 46.7 Å². The van der Waals surface area contributed by atoms with E-state index in [0.717, 1.165) is 49.6 Å².